The van der Waals surface area contributed by atoms with E-state index in [0.717, 1.165) is 11.4 Å². The Bertz CT molecular complexity index is 681. The van der Waals surface area contributed by atoms with Crippen molar-refractivity contribution in [1.82, 2.24) is 15.1 Å². The largest absolute Gasteiger partial charge is 0.494 e. The third-order valence-electron chi connectivity index (χ3n) is 2.70. The highest BCUT2D eigenvalue weighted by Crippen LogP contribution is 2.26. The van der Waals surface area contributed by atoms with Gasteiger partial charge in [0.2, 0.25) is 0 Å². The molecule has 1 aromatic carbocycles. The van der Waals surface area contributed by atoms with Gasteiger partial charge in [-0.1, -0.05) is 0 Å². The number of aromatic nitrogens is 2. The van der Waals surface area contributed by atoms with Crippen molar-refractivity contribution in [2.75, 3.05) is 26.0 Å². The fourth-order valence-electron chi connectivity index (χ4n) is 1.73. The Morgan fingerprint density at radius 2 is 2.14 bits per heavy atom. The van der Waals surface area contributed by atoms with E-state index in [0.29, 0.717) is 23.8 Å². The SMILES string of the molecule is CCOc1ccc(Nc2n[nH]c(/N=C/N(C)C)c2C#N)cc1. The summed E-state index contributed by atoms with van der Waals surface area (Å²) in [4.78, 5) is 5.96. The molecule has 1 heterocycles. The first-order valence-corrected chi connectivity index (χ1v) is 6.83. The lowest BCUT2D eigenvalue weighted by Gasteiger charge is -2.06. The molecule has 22 heavy (non-hydrogen) atoms. The van der Waals surface area contributed by atoms with Crippen LogP contribution in [0.5, 0.6) is 5.75 Å². The number of ether oxygens (including phenoxy) is 1. The third-order valence-corrected chi connectivity index (χ3v) is 2.70. The maximum Gasteiger partial charge on any atom is 0.172 e. The minimum Gasteiger partial charge on any atom is -0.494 e. The van der Waals surface area contributed by atoms with Crippen molar-refractivity contribution in [2.24, 2.45) is 4.99 Å². The zero-order valence-corrected chi connectivity index (χ0v) is 12.8. The highest BCUT2D eigenvalue weighted by atomic mass is 16.5. The smallest absolute Gasteiger partial charge is 0.172 e. The molecule has 0 aliphatic heterocycles. The van der Waals surface area contributed by atoms with E-state index in [1.807, 2.05) is 45.3 Å². The van der Waals surface area contributed by atoms with Gasteiger partial charge in [-0.2, -0.15) is 10.4 Å². The van der Waals surface area contributed by atoms with Crippen molar-refractivity contribution in [1.29, 1.82) is 5.26 Å². The molecule has 2 rings (SSSR count). The lowest BCUT2D eigenvalue weighted by Crippen LogP contribution is -2.07. The minimum absolute atomic E-state index is 0.368. The van der Waals surface area contributed by atoms with E-state index >= 15 is 0 Å². The molecule has 0 unspecified atom stereocenters. The van der Waals surface area contributed by atoms with Crippen LogP contribution in [0.3, 0.4) is 0 Å². The average Bonchev–Trinajstić information content (AvgIpc) is 2.89. The zero-order valence-electron chi connectivity index (χ0n) is 12.8. The van der Waals surface area contributed by atoms with E-state index in [9.17, 15) is 5.26 Å². The Kier molecular flexibility index (Phi) is 4.98. The van der Waals surface area contributed by atoms with Crippen LogP contribution in [-0.4, -0.2) is 42.1 Å². The van der Waals surface area contributed by atoms with E-state index in [4.69, 9.17) is 4.74 Å². The molecular formula is C15H18N6O. The molecule has 0 radical (unpaired) electrons. The number of rotatable bonds is 6. The molecule has 0 spiro atoms. The predicted molar refractivity (Wildman–Crippen MR) is 86.0 cm³/mol. The van der Waals surface area contributed by atoms with E-state index in [1.54, 1.807) is 11.2 Å². The van der Waals surface area contributed by atoms with Crippen molar-refractivity contribution < 1.29 is 4.74 Å². The molecule has 114 valence electrons. The number of nitrogens with zero attached hydrogens (tertiary/aromatic N) is 4. The summed E-state index contributed by atoms with van der Waals surface area (Å²) in [5.41, 5.74) is 1.18. The monoisotopic (exact) mass is 298 g/mol. The summed E-state index contributed by atoms with van der Waals surface area (Å²) >= 11 is 0. The Labute approximate surface area is 129 Å². The summed E-state index contributed by atoms with van der Waals surface area (Å²) in [6, 6.07) is 9.55. The summed E-state index contributed by atoms with van der Waals surface area (Å²) in [6.07, 6.45) is 1.61. The number of H-pyrrole nitrogens is 1. The second-order valence-corrected chi connectivity index (χ2v) is 4.70. The fraction of sp³-hybridized carbons (Fsp3) is 0.267. The molecule has 7 nitrogen and oxygen atoms in total. The quantitative estimate of drug-likeness (QED) is 0.632. The van der Waals surface area contributed by atoms with Gasteiger partial charge in [-0.15, -0.1) is 0 Å². The van der Waals surface area contributed by atoms with Crippen LogP contribution in [-0.2, 0) is 0 Å². The normalized spacial score (nSPS) is 10.5. The lowest BCUT2D eigenvalue weighted by atomic mass is 10.2. The van der Waals surface area contributed by atoms with Gasteiger partial charge in [0, 0.05) is 19.8 Å². The highest BCUT2D eigenvalue weighted by Gasteiger charge is 2.12. The molecule has 0 atom stereocenters. The molecule has 0 aliphatic carbocycles. The van der Waals surface area contributed by atoms with Crippen LogP contribution in [0, 0.1) is 11.3 Å². The number of nitriles is 1. The van der Waals surface area contributed by atoms with Crippen molar-refractivity contribution in [3.05, 3.63) is 29.8 Å². The number of aromatic amines is 1. The van der Waals surface area contributed by atoms with Gasteiger partial charge in [-0.25, -0.2) is 4.99 Å². The van der Waals surface area contributed by atoms with Gasteiger partial charge < -0.3 is 15.0 Å². The Morgan fingerprint density at radius 3 is 2.73 bits per heavy atom. The van der Waals surface area contributed by atoms with Crippen molar-refractivity contribution in [2.45, 2.75) is 6.92 Å². The topological polar surface area (TPSA) is 89.3 Å². The summed E-state index contributed by atoms with van der Waals surface area (Å²) in [5.74, 6) is 1.66. The number of hydrogen-bond acceptors (Lipinski definition) is 5. The first-order valence-electron chi connectivity index (χ1n) is 6.83. The maximum atomic E-state index is 9.29. The van der Waals surface area contributed by atoms with Crippen LogP contribution in [0.15, 0.2) is 29.3 Å². The van der Waals surface area contributed by atoms with Crippen molar-refractivity contribution in [3.63, 3.8) is 0 Å². The molecule has 2 aromatic rings. The van der Waals surface area contributed by atoms with Gasteiger partial charge >= 0.3 is 0 Å². The summed E-state index contributed by atoms with van der Waals surface area (Å²) in [7, 11) is 3.70. The number of benzene rings is 1. The van der Waals surface area contributed by atoms with Crippen LogP contribution < -0.4 is 10.1 Å². The molecular weight excluding hydrogens is 280 g/mol. The predicted octanol–water partition coefficient (Wildman–Crippen LogP) is 2.65. The third kappa shape index (κ3) is 3.76. The second kappa shape index (κ2) is 7.13. The maximum absolute atomic E-state index is 9.29. The van der Waals surface area contributed by atoms with E-state index in [2.05, 4.69) is 26.6 Å². The van der Waals surface area contributed by atoms with Gasteiger partial charge in [0.05, 0.1) is 12.9 Å². The molecule has 0 saturated carbocycles. The van der Waals surface area contributed by atoms with Crippen LogP contribution in [0.4, 0.5) is 17.3 Å². The van der Waals surface area contributed by atoms with Gasteiger partial charge in [0.15, 0.2) is 11.6 Å². The number of nitrogens with one attached hydrogen (secondary N) is 2. The van der Waals surface area contributed by atoms with Gasteiger partial charge in [-0.3, -0.25) is 5.10 Å². The Hall–Kier alpha value is -3.01. The number of anilines is 2. The van der Waals surface area contributed by atoms with Crippen molar-refractivity contribution in [3.8, 4) is 11.8 Å². The van der Waals surface area contributed by atoms with Crippen LogP contribution >= 0.6 is 0 Å². The van der Waals surface area contributed by atoms with Crippen LogP contribution in [0.1, 0.15) is 12.5 Å². The Balaban J connectivity index is 2.17. The van der Waals surface area contributed by atoms with Crippen molar-refractivity contribution >= 4 is 23.7 Å². The molecule has 0 saturated heterocycles. The number of aliphatic imine (C=N–C) groups is 1. The zero-order chi connectivity index (χ0) is 15.9. The summed E-state index contributed by atoms with van der Waals surface area (Å²) in [5, 5.41) is 19.2. The van der Waals surface area contributed by atoms with E-state index in [-0.39, 0.29) is 0 Å². The average molecular weight is 298 g/mol. The molecule has 0 aliphatic rings. The Morgan fingerprint density at radius 1 is 1.41 bits per heavy atom. The first-order chi connectivity index (χ1) is 10.6. The summed E-state index contributed by atoms with van der Waals surface area (Å²) in [6.45, 7) is 2.56. The van der Waals surface area contributed by atoms with Crippen LogP contribution in [0.25, 0.3) is 0 Å². The standard InChI is InChI=1S/C15H18N6O/c1-4-22-12-7-5-11(6-8-12)18-15-13(9-16)14(19-20-15)17-10-21(2)3/h5-8,10H,4H2,1-3H3,(H2,18,19,20)/b17-10+. The number of hydrogen-bond donors (Lipinski definition) is 2. The van der Waals surface area contributed by atoms with Gasteiger partial charge in [0.25, 0.3) is 0 Å². The first kappa shape index (κ1) is 15.4. The molecule has 0 bridgehead atoms. The minimum atomic E-state index is 0.368. The molecule has 2 N–H and O–H groups in total. The van der Waals surface area contributed by atoms with Gasteiger partial charge in [0.1, 0.15) is 17.4 Å². The van der Waals surface area contributed by atoms with Gasteiger partial charge in [-0.05, 0) is 31.2 Å². The highest BCUT2D eigenvalue weighted by molar-refractivity contribution is 5.71. The van der Waals surface area contributed by atoms with Crippen LogP contribution in [0.2, 0.25) is 0 Å². The molecule has 1 aromatic heterocycles. The van der Waals surface area contributed by atoms with E-state index < -0.39 is 0 Å². The fourth-order valence-corrected chi connectivity index (χ4v) is 1.73. The molecule has 0 fully saturated rings. The molecule has 0 amide bonds. The summed E-state index contributed by atoms with van der Waals surface area (Å²) < 4.78 is 5.39. The molecule has 7 heteroatoms. The lowest BCUT2D eigenvalue weighted by molar-refractivity contribution is 0.340. The van der Waals surface area contributed by atoms with E-state index in [1.165, 1.54) is 0 Å². The second-order valence-electron chi connectivity index (χ2n) is 4.70.